The van der Waals surface area contributed by atoms with Crippen molar-refractivity contribution in [3.63, 3.8) is 0 Å². The highest BCUT2D eigenvalue weighted by atomic mass is 32.2. The van der Waals surface area contributed by atoms with Gasteiger partial charge in [-0.25, -0.2) is 8.42 Å². The van der Waals surface area contributed by atoms with Crippen molar-refractivity contribution in [3.05, 3.63) is 0 Å². The van der Waals surface area contributed by atoms with Crippen LogP contribution in [0.4, 0.5) is 0 Å². The van der Waals surface area contributed by atoms with E-state index in [0.29, 0.717) is 31.5 Å². The molecule has 0 radical (unpaired) electrons. The molecule has 3 unspecified atom stereocenters. The van der Waals surface area contributed by atoms with Gasteiger partial charge >= 0.3 is 0 Å². The van der Waals surface area contributed by atoms with Crippen LogP contribution in [-0.4, -0.2) is 55.1 Å². The fourth-order valence-electron chi connectivity index (χ4n) is 4.35. The lowest BCUT2D eigenvalue weighted by molar-refractivity contribution is -0.126. The van der Waals surface area contributed by atoms with E-state index in [1.54, 1.807) is 0 Å². The minimum Gasteiger partial charge on any atom is -0.352 e. The number of sulfonamides is 1. The van der Waals surface area contributed by atoms with Gasteiger partial charge in [0.25, 0.3) is 0 Å². The summed E-state index contributed by atoms with van der Waals surface area (Å²) in [5, 5.41) is 6.71. The van der Waals surface area contributed by atoms with Crippen LogP contribution in [0.15, 0.2) is 0 Å². The van der Waals surface area contributed by atoms with Crippen molar-refractivity contribution in [1.29, 1.82) is 0 Å². The van der Waals surface area contributed by atoms with Crippen molar-refractivity contribution in [2.24, 2.45) is 0 Å². The van der Waals surface area contributed by atoms with Gasteiger partial charge in [-0.05, 0) is 44.9 Å². The highest BCUT2D eigenvalue weighted by Crippen LogP contribution is 2.27. The molecule has 0 aliphatic carbocycles. The van der Waals surface area contributed by atoms with Gasteiger partial charge in [-0.3, -0.25) is 4.79 Å². The van der Waals surface area contributed by atoms with Gasteiger partial charge in [-0.1, -0.05) is 13.3 Å². The molecule has 23 heavy (non-hydrogen) atoms. The van der Waals surface area contributed by atoms with Crippen molar-refractivity contribution < 1.29 is 13.2 Å². The predicted molar refractivity (Wildman–Crippen MR) is 89.5 cm³/mol. The van der Waals surface area contributed by atoms with Gasteiger partial charge < -0.3 is 10.6 Å². The molecule has 0 spiro atoms. The van der Waals surface area contributed by atoms with Crippen LogP contribution in [0, 0.1) is 0 Å². The molecule has 3 fully saturated rings. The molecule has 0 aromatic heterocycles. The Bertz CT molecular complexity index is 525. The third-order valence-electron chi connectivity index (χ3n) is 5.40. The third-order valence-corrected chi connectivity index (χ3v) is 7.47. The van der Waals surface area contributed by atoms with E-state index in [0.717, 1.165) is 25.7 Å². The number of hydrogen-bond acceptors (Lipinski definition) is 4. The third kappa shape index (κ3) is 3.88. The van der Waals surface area contributed by atoms with E-state index in [9.17, 15) is 13.2 Å². The first kappa shape index (κ1) is 17.2. The number of amides is 1. The van der Waals surface area contributed by atoms with E-state index in [4.69, 9.17) is 0 Å². The summed E-state index contributed by atoms with van der Waals surface area (Å²) >= 11 is 0. The van der Waals surface area contributed by atoms with E-state index in [2.05, 4.69) is 10.6 Å². The number of rotatable bonds is 5. The maximum Gasteiger partial charge on any atom is 0.238 e. The number of hydrogen-bond donors (Lipinski definition) is 2. The second kappa shape index (κ2) is 7.07. The molecule has 3 heterocycles. The number of carbonyl (C=O) groups is 1. The SMILES string of the molecule is CCCS(=O)(=O)N1CCCCC1C(=O)NC1CC2CCC(C1)N2. The largest absolute Gasteiger partial charge is 0.352 e. The Labute approximate surface area is 139 Å². The molecule has 2 bridgehead atoms. The smallest absolute Gasteiger partial charge is 0.238 e. The molecule has 0 aromatic rings. The van der Waals surface area contributed by atoms with Crippen LogP contribution in [-0.2, 0) is 14.8 Å². The molecule has 2 N–H and O–H groups in total. The fourth-order valence-corrected chi connectivity index (χ4v) is 6.09. The highest BCUT2D eigenvalue weighted by molar-refractivity contribution is 7.89. The van der Waals surface area contributed by atoms with Gasteiger partial charge in [0.05, 0.1) is 5.75 Å². The van der Waals surface area contributed by atoms with E-state index < -0.39 is 16.1 Å². The van der Waals surface area contributed by atoms with Crippen LogP contribution >= 0.6 is 0 Å². The monoisotopic (exact) mass is 343 g/mol. The van der Waals surface area contributed by atoms with Crippen LogP contribution in [0.5, 0.6) is 0 Å². The summed E-state index contributed by atoms with van der Waals surface area (Å²) < 4.78 is 26.3. The lowest BCUT2D eigenvalue weighted by atomic mass is 9.98. The lowest BCUT2D eigenvalue weighted by Gasteiger charge is -2.36. The van der Waals surface area contributed by atoms with Gasteiger partial charge in [0.15, 0.2) is 0 Å². The first-order chi connectivity index (χ1) is 11.0. The standard InChI is InChI=1S/C16H29N3O3S/c1-2-9-23(21,22)19-8-4-3-5-15(19)16(20)18-14-10-12-6-7-13(11-14)17-12/h12-15,17H,2-11H2,1H3,(H,18,20). The quantitative estimate of drug-likeness (QED) is 0.780. The maximum atomic E-state index is 12.7. The summed E-state index contributed by atoms with van der Waals surface area (Å²) in [7, 11) is -3.32. The molecule has 3 atom stereocenters. The average Bonchev–Trinajstić information content (AvgIpc) is 2.86. The van der Waals surface area contributed by atoms with Crippen LogP contribution in [0.2, 0.25) is 0 Å². The van der Waals surface area contributed by atoms with Crippen LogP contribution in [0.3, 0.4) is 0 Å². The first-order valence-electron chi connectivity index (χ1n) is 9.05. The van der Waals surface area contributed by atoms with Gasteiger partial charge in [0.1, 0.15) is 6.04 Å². The van der Waals surface area contributed by atoms with E-state index >= 15 is 0 Å². The van der Waals surface area contributed by atoms with Crippen molar-refractivity contribution >= 4 is 15.9 Å². The summed E-state index contributed by atoms with van der Waals surface area (Å²) in [6.45, 7) is 2.35. The molecule has 0 saturated carbocycles. The minimum absolute atomic E-state index is 0.0873. The van der Waals surface area contributed by atoms with E-state index in [-0.39, 0.29) is 17.7 Å². The topological polar surface area (TPSA) is 78.5 Å². The highest BCUT2D eigenvalue weighted by Gasteiger charge is 2.39. The maximum absolute atomic E-state index is 12.7. The summed E-state index contributed by atoms with van der Waals surface area (Å²) in [5.41, 5.74) is 0. The normalized spacial score (nSPS) is 35.2. The summed E-state index contributed by atoms with van der Waals surface area (Å²) in [5.74, 6) is 0.0459. The molecular formula is C16H29N3O3S. The minimum atomic E-state index is -3.32. The lowest BCUT2D eigenvalue weighted by Crippen LogP contribution is -2.56. The predicted octanol–water partition coefficient (Wildman–Crippen LogP) is 0.980. The van der Waals surface area contributed by atoms with Gasteiger partial charge in [0.2, 0.25) is 15.9 Å². The van der Waals surface area contributed by atoms with E-state index in [1.807, 2.05) is 6.92 Å². The van der Waals surface area contributed by atoms with Gasteiger partial charge in [-0.2, -0.15) is 4.31 Å². The van der Waals surface area contributed by atoms with Crippen LogP contribution < -0.4 is 10.6 Å². The molecule has 1 amide bonds. The number of fused-ring (bicyclic) bond motifs is 2. The molecule has 3 aliphatic heterocycles. The zero-order valence-electron chi connectivity index (χ0n) is 14.0. The zero-order valence-corrected chi connectivity index (χ0v) is 14.8. The second-order valence-electron chi connectivity index (χ2n) is 7.25. The number of nitrogens with one attached hydrogen (secondary N) is 2. The molecule has 7 heteroatoms. The van der Waals surface area contributed by atoms with Gasteiger partial charge in [-0.15, -0.1) is 0 Å². The average molecular weight is 343 g/mol. The van der Waals surface area contributed by atoms with Gasteiger partial charge in [0, 0.05) is 24.7 Å². The Morgan fingerprint density at radius 1 is 1.17 bits per heavy atom. The van der Waals surface area contributed by atoms with Crippen LogP contribution in [0.25, 0.3) is 0 Å². The molecule has 3 aliphatic rings. The number of piperidine rings is 2. The Morgan fingerprint density at radius 2 is 1.87 bits per heavy atom. The number of nitrogens with zero attached hydrogens (tertiary/aromatic N) is 1. The Morgan fingerprint density at radius 3 is 2.52 bits per heavy atom. The number of carbonyl (C=O) groups excluding carboxylic acids is 1. The van der Waals surface area contributed by atoms with E-state index in [1.165, 1.54) is 17.1 Å². The molecular weight excluding hydrogens is 314 g/mol. The van der Waals surface area contributed by atoms with Crippen molar-refractivity contribution in [2.45, 2.75) is 82.5 Å². The van der Waals surface area contributed by atoms with Crippen molar-refractivity contribution in [1.82, 2.24) is 14.9 Å². The molecule has 6 nitrogen and oxygen atoms in total. The Kier molecular flexibility index (Phi) is 5.28. The van der Waals surface area contributed by atoms with Crippen molar-refractivity contribution in [2.75, 3.05) is 12.3 Å². The molecule has 3 saturated heterocycles. The molecule has 3 rings (SSSR count). The zero-order chi connectivity index (χ0) is 16.4. The molecule has 132 valence electrons. The second-order valence-corrected chi connectivity index (χ2v) is 9.29. The Hall–Kier alpha value is -0.660. The van der Waals surface area contributed by atoms with Crippen molar-refractivity contribution in [3.8, 4) is 0 Å². The summed E-state index contributed by atoms with van der Waals surface area (Å²) in [4.78, 5) is 12.7. The summed E-state index contributed by atoms with van der Waals surface area (Å²) in [6.07, 6.45) is 7.33. The summed E-state index contributed by atoms with van der Waals surface area (Å²) in [6, 6.07) is 0.724. The fraction of sp³-hybridized carbons (Fsp3) is 0.938. The Balaban J connectivity index is 1.64. The van der Waals surface area contributed by atoms with Crippen LogP contribution in [0.1, 0.15) is 58.3 Å². The first-order valence-corrected chi connectivity index (χ1v) is 10.7. The molecule has 0 aromatic carbocycles.